The van der Waals surface area contributed by atoms with E-state index >= 15 is 0 Å². The molecule has 1 fully saturated rings. The maximum atomic E-state index is 12.8. The van der Waals surface area contributed by atoms with E-state index in [0.717, 1.165) is 43.8 Å². The minimum Gasteiger partial charge on any atom is -0.497 e. The van der Waals surface area contributed by atoms with E-state index in [1.165, 1.54) is 5.56 Å². The van der Waals surface area contributed by atoms with Gasteiger partial charge in [-0.05, 0) is 61.9 Å². The zero-order chi connectivity index (χ0) is 21.8. The van der Waals surface area contributed by atoms with Crippen molar-refractivity contribution in [2.24, 2.45) is 5.92 Å². The smallest absolute Gasteiger partial charge is 0.267 e. The van der Waals surface area contributed by atoms with E-state index in [1.54, 1.807) is 18.9 Å². The molecule has 0 aliphatic carbocycles. The molecule has 6 heteroatoms. The van der Waals surface area contributed by atoms with Crippen LogP contribution in [0.5, 0.6) is 11.5 Å². The van der Waals surface area contributed by atoms with Crippen molar-refractivity contribution in [3.8, 4) is 11.5 Å². The van der Waals surface area contributed by atoms with Crippen molar-refractivity contribution >= 4 is 17.5 Å². The average Bonchev–Trinajstić information content (AvgIpc) is 2.80. The molecule has 2 aromatic carbocycles. The molecule has 0 spiro atoms. The molecule has 1 unspecified atom stereocenters. The summed E-state index contributed by atoms with van der Waals surface area (Å²) in [5.74, 6) is 2.18. The zero-order valence-corrected chi connectivity index (χ0v) is 18.3. The normalized spacial score (nSPS) is 19.0. The number of piperidine rings is 1. The van der Waals surface area contributed by atoms with Crippen molar-refractivity contribution in [3.05, 3.63) is 54.1 Å². The monoisotopic (exact) mass is 422 g/mol. The molecule has 1 atom stereocenters. The highest BCUT2D eigenvalue weighted by molar-refractivity contribution is 6.00. The van der Waals surface area contributed by atoms with Crippen LogP contribution in [0.3, 0.4) is 0 Å². The van der Waals surface area contributed by atoms with Gasteiger partial charge in [0.2, 0.25) is 5.91 Å². The fraction of sp³-hybridized carbons (Fsp3) is 0.440. The number of rotatable bonds is 6. The Bertz CT molecular complexity index is 919. The lowest BCUT2D eigenvalue weighted by Crippen LogP contribution is -2.46. The maximum absolute atomic E-state index is 12.8. The van der Waals surface area contributed by atoms with Crippen LogP contribution in [0.2, 0.25) is 0 Å². The quantitative estimate of drug-likeness (QED) is 0.713. The number of likely N-dealkylation sites (tertiary alicyclic amines) is 1. The molecule has 2 aliphatic rings. The molecule has 6 nitrogen and oxygen atoms in total. The number of methoxy groups -OCH3 is 1. The molecule has 2 amide bonds. The van der Waals surface area contributed by atoms with Crippen molar-refractivity contribution in [1.82, 2.24) is 4.90 Å². The topological polar surface area (TPSA) is 59.1 Å². The maximum Gasteiger partial charge on any atom is 0.267 e. The Morgan fingerprint density at radius 3 is 2.52 bits per heavy atom. The predicted octanol–water partition coefficient (Wildman–Crippen LogP) is 3.68. The molecule has 0 radical (unpaired) electrons. The van der Waals surface area contributed by atoms with Gasteiger partial charge >= 0.3 is 0 Å². The number of hydrogen-bond donors (Lipinski definition) is 0. The van der Waals surface area contributed by atoms with Crippen molar-refractivity contribution in [2.75, 3.05) is 31.6 Å². The molecule has 0 bridgehead atoms. The molecule has 2 aliphatic heterocycles. The first-order valence-corrected chi connectivity index (χ1v) is 11.0. The minimum atomic E-state index is -0.529. The van der Waals surface area contributed by atoms with Crippen LogP contribution >= 0.6 is 0 Å². The Morgan fingerprint density at radius 2 is 1.81 bits per heavy atom. The number of anilines is 1. The third-order valence-corrected chi connectivity index (χ3v) is 6.27. The second-order valence-electron chi connectivity index (χ2n) is 8.34. The van der Waals surface area contributed by atoms with Gasteiger partial charge in [-0.25, -0.2) is 0 Å². The lowest BCUT2D eigenvalue weighted by atomic mass is 9.90. The van der Waals surface area contributed by atoms with Gasteiger partial charge in [0.15, 0.2) is 6.10 Å². The molecule has 0 N–H and O–H groups in total. The highest BCUT2D eigenvalue weighted by Crippen LogP contribution is 2.33. The van der Waals surface area contributed by atoms with Gasteiger partial charge in [0.1, 0.15) is 11.5 Å². The van der Waals surface area contributed by atoms with Crippen LogP contribution in [-0.4, -0.2) is 49.6 Å². The van der Waals surface area contributed by atoms with Gasteiger partial charge in [-0.2, -0.15) is 0 Å². The predicted molar refractivity (Wildman–Crippen MR) is 120 cm³/mol. The molecule has 2 aromatic rings. The summed E-state index contributed by atoms with van der Waals surface area (Å²) >= 11 is 0. The van der Waals surface area contributed by atoms with E-state index in [9.17, 15) is 9.59 Å². The number of hydrogen-bond acceptors (Lipinski definition) is 4. The van der Waals surface area contributed by atoms with Gasteiger partial charge in [0.05, 0.1) is 12.8 Å². The van der Waals surface area contributed by atoms with E-state index in [1.807, 2.05) is 41.3 Å². The van der Waals surface area contributed by atoms with Crippen molar-refractivity contribution in [3.63, 3.8) is 0 Å². The number of nitrogens with zero attached hydrogens (tertiary/aromatic N) is 2. The Kier molecular flexibility index (Phi) is 6.44. The number of para-hydroxylation sites is 2. The number of benzene rings is 2. The molecule has 1 saturated heterocycles. The number of ether oxygens (including phenoxy) is 2. The number of amides is 2. The summed E-state index contributed by atoms with van der Waals surface area (Å²) in [5.41, 5.74) is 2.06. The fourth-order valence-electron chi connectivity index (χ4n) is 4.44. The Balaban J connectivity index is 1.28. The van der Waals surface area contributed by atoms with Crippen LogP contribution in [0.15, 0.2) is 48.5 Å². The molecule has 31 heavy (non-hydrogen) atoms. The van der Waals surface area contributed by atoms with Gasteiger partial charge in [0.25, 0.3) is 5.91 Å². The largest absolute Gasteiger partial charge is 0.497 e. The van der Waals surface area contributed by atoms with Crippen LogP contribution in [-0.2, 0) is 16.0 Å². The summed E-state index contributed by atoms with van der Waals surface area (Å²) in [6.07, 6.45) is 2.85. The first-order chi connectivity index (χ1) is 15.0. The first kappa shape index (κ1) is 21.2. The van der Waals surface area contributed by atoms with Gasteiger partial charge in [-0.15, -0.1) is 0 Å². The zero-order valence-electron chi connectivity index (χ0n) is 18.3. The van der Waals surface area contributed by atoms with Gasteiger partial charge < -0.3 is 19.3 Å². The molecular formula is C25H30N2O4. The highest BCUT2D eigenvalue weighted by atomic mass is 16.5. The molecule has 4 rings (SSSR count). The Hall–Kier alpha value is -3.02. The van der Waals surface area contributed by atoms with Gasteiger partial charge in [-0.3, -0.25) is 9.59 Å². The summed E-state index contributed by atoms with van der Waals surface area (Å²) < 4.78 is 10.9. The molecule has 0 aromatic heterocycles. The van der Waals surface area contributed by atoms with E-state index in [2.05, 4.69) is 12.1 Å². The fourth-order valence-corrected chi connectivity index (χ4v) is 4.44. The second-order valence-corrected chi connectivity index (χ2v) is 8.34. The van der Waals surface area contributed by atoms with E-state index in [-0.39, 0.29) is 11.8 Å². The summed E-state index contributed by atoms with van der Waals surface area (Å²) in [6.45, 7) is 3.70. The molecule has 2 heterocycles. The van der Waals surface area contributed by atoms with Crippen LogP contribution in [0, 0.1) is 5.92 Å². The first-order valence-electron chi connectivity index (χ1n) is 11.0. The van der Waals surface area contributed by atoms with Crippen LogP contribution < -0.4 is 14.4 Å². The van der Waals surface area contributed by atoms with E-state index < -0.39 is 6.10 Å². The summed E-state index contributed by atoms with van der Waals surface area (Å²) in [7, 11) is 1.68. The SMILES string of the molecule is COc1ccc(CC2CCN(C(=O)CCN3C(=O)C(C)Oc4ccccc43)CC2)cc1. The molecule has 0 saturated carbocycles. The summed E-state index contributed by atoms with van der Waals surface area (Å²) in [6, 6.07) is 15.7. The third kappa shape index (κ3) is 4.84. The van der Waals surface area contributed by atoms with E-state index in [4.69, 9.17) is 9.47 Å². The standard InChI is InChI=1S/C25H30N2O4/c1-18-25(29)27(22-5-3-4-6-23(22)31-18)16-13-24(28)26-14-11-20(12-15-26)17-19-7-9-21(30-2)10-8-19/h3-10,18,20H,11-17H2,1-2H3. The number of carbonyl (C=O) groups excluding carboxylic acids is 2. The second kappa shape index (κ2) is 9.41. The van der Waals surface area contributed by atoms with Gasteiger partial charge in [-0.1, -0.05) is 24.3 Å². The number of carbonyl (C=O) groups is 2. The molecular weight excluding hydrogens is 392 g/mol. The summed E-state index contributed by atoms with van der Waals surface area (Å²) in [4.78, 5) is 29.1. The Labute approximate surface area is 183 Å². The lowest BCUT2D eigenvalue weighted by Gasteiger charge is -2.35. The Morgan fingerprint density at radius 1 is 1.10 bits per heavy atom. The third-order valence-electron chi connectivity index (χ3n) is 6.27. The van der Waals surface area contributed by atoms with Crippen molar-refractivity contribution < 1.29 is 19.1 Å². The van der Waals surface area contributed by atoms with Gasteiger partial charge in [0, 0.05) is 26.1 Å². The molecule has 164 valence electrons. The van der Waals surface area contributed by atoms with Crippen molar-refractivity contribution in [1.29, 1.82) is 0 Å². The summed E-state index contributed by atoms with van der Waals surface area (Å²) in [5, 5.41) is 0. The lowest BCUT2D eigenvalue weighted by molar-refractivity contribution is -0.132. The van der Waals surface area contributed by atoms with Crippen LogP contribution in [0.25, 0.3) is 0 Å². The minimum absolute atomic E-state index is 0.0929. The van der Waals surface area contributed by atoms with Crippen LogP contribution in [0.4, 0.5) is 5.69 Å². The average molecular weight is 423 g/mol. The number of fused-ring (bicyclic) bond motifs is 1. The highest BCUT2D eigenvalue weighted by Gasteiger charge is 2.32. The van der Waals surface area contributed by atoms with Crippen molar-refractivity contribution in [2.45, 2.75) is 38.7 Å². The van der Waals surface area contributed by atoms with Crippen LogP contribution in [0.1, 0.15) is 31.7 Å². The van der Waals surface area contributed by atoms with E-state index in [0.29, 0.717) is 24.6 Å².